The fraction of sp³-hybridized carbons (Fsp3) is 0.400. The number of piperidine rings is 1. The normalized spacial score (nSPS) is 22.7. The third-order valence-corrected chi connectivity index (χ3v) is 4.87. The Bertz CT molecular complexity index is 573. The second-order valence-corrected chi connectivity index (χ2v) is 6.46. The zero-order valence-corrected chi connectivity index (χ0v) is 13.2. The van der Waals surface area contributed by atoms with Crippen LogP contribution in [0.3, 0.4) is 0 Å². The Morgan fingerprint density at radius 1 is 1.00 bits per heavy atom. The molecular weight excluding hydrogens is 270 g/mol. The molecule has 2 nitrogen and oxygen atoms in total. The highest BCUT2D eigenvalue weighted by atomic mass is 16.3. The van der Waals surface area contributed by atoms with Crippen molar-refractivity contribution in [1.82, 2.24) is 5.32 Å². The number of benzene rings is 2. The summed E-state index contributed by atoms with van der Waals surface area (Å²) in [5.74, 6) is 0.0522. The molecule has 1 aliphatic heterocycles. The van der Waals surface area contributed by atoms with E-state index < -0.39 is 5.60 Å². The van der Waals surface area contributed by atoms with Gasteiger partial charge in [0.05, 0.1) is 5.60 Å². The lowest BCUT2D eigenvalue weighted by Crippen LogP contribution is -2.47. The topological polar surface area (TPSA) is 32.3 Å². The molecule has 2 aromatic carbocycles. The van der Waals surface area contributed by atoms with E-state index in [-0.39, 0.29) is 5.92 Å². The predicted molar refractivity (Wildman–Crippen MR) is 90.8 cm³/mol. The van der Waals surface area contributed by atoms with Crippen molar-refractivity contribution in [3.8, 4) is 0 Å². The van der Waals surface area contributed by atoms with Crippen LogP contribution in [0.25, 0.3) is 0 Å². The number of rotatable bonds is 4. The zero-order chi connectivity index (χ0) is 15.4. The van der Waals surface area contributed by atoms with E-state index >= 15 is 0 Å². The fourth-order valence-electron chi connectivity index (χ4n) is 3.73. The Kier molecular flexibility index (Phi) is 4.60. The molecule has 22 heavy (non-hydrogen) atoms. The van der Waals surface area contributed by atoms with Crippen molar-refractivity contribution < 1.29 is 5.11 Å². The zero-order valence-electron chi connectivity index (χ0n) is 13.2. The van der Waals surface area contributed by atoms with Gasteiger partial charge in [-0.2, -0.15) is 0 Å². The van der Waals surface area contributed by atoms with Gasteiger partial charge in [0.25, 0.3) is 0 Å². The minimum atomic E-state index is -0.891. The smallest absolute Gasteiger partial charge is 0.0951 e. The van der Waals surface area contributed by atoms with Gasteiger partial charge in [-0.3, -0.25) is 0 Å². The van der Waals surface area contributed by atoms with Gasteiger partial charge in [0, 0.05) is 12.0 Å². The lowest BCUT2D eigenvalue weighted by molar-refractivity contribution is 0.00897. The van der Waals surface area contributed by atoms with Crippen molar-refractivity contribution in [2.45, 2.75) is 43.7 Å². The summed E-state index contributed by atoms with van der Waals surface area (Å²) in [4.78, 5) is 0. The van der Waals surface area contributed by atoms with Crippen molar-refractivity contribution in [3.05, 3.63) is 71.8 Å². The van der Waals surface area contributed by atoms with Crippen molar-refractivity contribution in [3.63, 3.8) is 0 Å². The van der Waals surface area contributed by atoms with Crippen LogP contribution in [0.1, 0.15) is 43.2 Å². The lowest BCUT2D eigenvalue weighted by atomic mass is 9.72. The molecule has 1 fully saturated rings. The number of hydrogen-bond acceptors (Lipinski definition) is 2. The van der Waals surface area contributed by atoms with Gasteiger partial charge in [0.1, 0.15) is 0 Å². The highest BCUT2D eigenvalue weighted by Gasteiger charge is 2.40. The summed E-state index contributed by atoms with van der Waals surface area (Å²) in [5, 5.41) is 15.0. The average Bonchev–Trinajstić information content (AvgIpc) is 2.58. The third-order valence-electron chi connectivity index (χ3n) is 4.87. The highest BCUT2D eigenvalue weighted by molar-refractivity contribution is 5.32. The summed E-state index contributed by atoms with van der Waals surface area (Å²) < 4.78 is 0. The van der Waals surface area contributed by atoms with Gasteiger partial charge in [0.2, 0.25) is 0 Å². The summed E-state index contributed by atoms with van der Waals surface area (Å²) in [6, 6.07) is 20.8. The van der Waals surface area contributed by atoms with Crippen molar-refractivity contribution in [2.75, 3.05) is 6.54 Å². The maximum Gasteiger partial charge on any atom is 0.0951 e. The molecule has 0 saturated carbocycles. The van der Waals surface area contributed by atoms with E-state index in [1.54, 1.807) is 0 Å². The van der Waals surface area contributed by atoms with Gasteiger partial charge in [-0.25, -0.2) is 0 Å². The van der Waals surface area contributed by atoms with E-state index in [0.717, 1.165) is 18.5 Å². The van der Waals surface area contributed by atoms with Crippen LogP contribution >= 0.6 is 0 Å². The Morgan fingerprint density at radius 3 is 2.23 bits per heavy atom. The molecule has 1 heterocycles. The first-order valence-electron chi connectivity index (χ1n) is 8.26. The van der Waals surface area contributed by atoms with Crippen LogP contribution in [0.5, 0.6) is 0 Å². The second kappa shape index (κ2) is 6.64. The predicted octanol–water partition coefficient (Wildman–Crippen LogP) is 3.82. The van der Waals surface area contributed by atoms with Gasteiger partial charge >= 0.3 is 0 Å². The Labute approximate surface area is 133 Å². The molecule has 0 bridgehead atoms. The van der Waals surface area contributed by atoms with Crippen LogP contribution < -0.4 is 5.32 Å². The molecule has 0 amide bonds. The number of nitrogens with one attached hydrogen (secondary N) is 1. The van der Waals surface area contributed by atoms with E-state index in [0.29, 0.717) is 6.04 Å². The van der Waals surface area contributed by atoms with Gasteiger partial charge in [0.15, 0.2) is 0 Å². The maximum absolute atomic E-state index is 11.4. The third kappa shape index (κ3) is 3.08. The first-order chi connectivity index (χ1) is 10.7. The maximum atomic E-state index is 11.4. The van der Waals surface area contributed by atoms with Crippen LogP contribution in [0.2, 0.25) is 0 Å². The highest BCUT2D eigenvalue weighted by Crippen LogP contribution is 2.41. The molecule has 2 N–H and O–H groups in total. The molecule has 2 heteroatoms. The average molecular weight is 295 g/mol. The van der Waals surface area contributed by atoms with E-state index in [9.17, 15) is 5.11 Å². The standard InChI is InChI=1S/C20H25NO/c1-20(22,17-12-6-3-7-13-17)19(16-10-4-2-5-11-16)18-14-8-9-15-21-18/h2-7,10-13,18-19,21-22H,8-9,14-15H2,1H3/t18-,19+,20-/m0/s1. The molecule has 0 spiro atoms. The molecule has 0 aliphatic carbocycles. The minimum Gasteiger partial charge on any atom is -0.385 e. The Hall–Kier alpha value is -1.64. The summed E-state index contributed by atoms with van der Waals surface area (Å²) in [5.41, 5.74) is 1.30. The number of aliphatic hydroxyl groups is 1. The molecule has 3 rings (SSSR count). The Morgan fingerprint density at radius 2 is 1.64 bits per heavy atom. The monoisotopic (exact) mass is 295 g/mol. The van der Waals surface area contributed by atoms with Crippen LogP contribution in [0, 0.1) is 0 Å². The van der Waals surface area contributed by atoms with E-state index in [2.05, 4.69) is 29.6 Å². The van der Waals surface area contributed by atoms with Crippen LogP contribution in [0.4, 0.5) is 0 Å². The first-order valence-corrected chi connectivity index (χ1v) is 8.26. The molecule has 2 aromatic rings. The Balaban J connectivity index is 2.01. The summed E-state index contributed by atoms with van der Waals surface area (Å²) in [7, 11) is 0. The molecule has 116 valence electrons. The van der Waals surface area contributed by atoms with Crippen molar-refractivity contribution >= 4 is 0 Å². The second-order valence-electron chi connectivity index (χ2n) is 6.46. The quantitative estimate of drug-likeness (QED) is 0.898. The molecule has 0 radical (unpaired) electrons. The van der Waals surface area contributed by atoms with Gasteiger partial charge in [-0.1, -0.05) is 67.1 Å². The summed E-state index contributed by atoms with van der Waals surface area (Å²) in [6.45, 7) is 3.00. The van der Waals surface area contributed by atoms with Gasteiger partial charge < -0.3 is 10.4 Å². The van der Waals surface area contributed by atoms with E-state index in [4.69, 9.17) is 0 Å². The van der Waals surface area contributed by atoms with Crippen LogP contribution in [-0.2, 0) is 5.60 Å². The van der Waals surface area contributed by atoms with Crippen LogP contribution in [-0.4, -0.2) is 17.7 Å². The molecule has 0 unspecified atom stereocenters. The lowest BCUT2D eigenvalue weighted by Gasteiger charge is -2.41. The first kappa shape index (κ1) is 15.3. The van der Waals surface area contributed by atoms with Gasteiger partial charge in [-0.05, 0) is 37.4 Å². The molecule has 1 aliphatic rings. The molecule has 1 saturated heterocycles. The molecular formula is C20H25NO. The van der Waals surface area contributed by atoms with Crippen molar-refractivity contribution in [2.24, 2.45) is 0 Å². The van der Waals surface area contributed by atoms with Crippen LogP contribution in [0.15, 0.2) is 60.7 Å². The summed E-state index contributed by atoms with van der Waals surface area (Å²) >= 11 is 0. The fourth-order valence-corrected chi connectivity index (χ4v) is 3.73. The minimum absolute atomic E-state index is 0.0522. The molecule has 3 atom stereocenters. The van der Waals surface area contributed by atoms with E-state index in [1.807, 2.05) is 43.3 Å². The van der Waals surface area contributed by atoms with Gasteiger partial charge in [-0.15, -0.1) is 0 Å². The summed E-state index contributed by atoms with van der Waals surface area (Å²) in [6.07, 6.45) is 3.57. The van der Waals surface area contributed by atoms with Crippen molar-refractivity contribution in [1.29, 1.82) is 0 Å². The van der Waals surface area contributed by atoms with E-state index in [1.165, 1.54) is 18.4 Å². The SMILES string of the molecule is C[C@](O)(c1ccccc1)[C@H](c1ccccc1)[C@@H]1CCCCN1. The largest absolute Gasteiger partial charge is 0.385 e. The molecule has 0 aromatic heterocycles. The number of hydrogen-bond donors (Lipinski definition) is 2.